The predicted molar refractivity (Wildman–Crippen MR) is 91.3 cm³/mol. The van der Waals surface area contributed by atoms with Crippen LogP contribution in [-0.4, -0.2) is 34.7 Å². The Morgan fingerprint density at radius 1 is 1.08 bits per heavy atom. The minimum atomic E-state index is -0.932. The number of nitrogens with zero attached hydrogens (tertiary/aromatic N) is 1. The van der Waals surface area contributed by atoms with E-state index in [0.717, 1.165) is 18.4 Å². The quantitative estimate of drug-likeness (QED) is 0.920. The Hall–Kier alpha value is -3.02. The molecule has 132 valence electrons. The number of rotatable bonds is 3. The van der Waals surface area contributed by atoms with Gasteiger partial charge in [0.25, 0.3) is 5.91 Å². The Bertz CT molecular complexity index is 920. The lowest BCUT2D eigenvalue weighted by atomic mass is 9.79. The molecular weight excluding hydrogens is 334 g/mol. The molecule has 1 amide bonds. The van der Waals surface area contributed by atoms with Crippen molar-refractivity contribution in [2.24, 2.45) is 0 Å². The van der Waals surface area contributed by atoms with Crippen molar-refractivity contribution in [2.45, 2.75) is 30.8 Å². The van der Waals surface area contributed by atoms with Crippen LogP contribution in [0.4, 0.5) is 0 Å². The number of amides is 1. The van der Waals surface area contributed by atoms with E-state index in [1.165, 1.54) is 0 Å². The van der Waals surface area contributed by atoms with E-state index in [9.17, 15) is 14.7 Å². The first-order valence-electron chi connectivity index (χ1n) is 8.69. The van der Waals surface area contributed by atoms with Crippen molar-refractivity contribution in [3.8, 4) is 11.5 Å². The molecule has 1 aliphatic carbocycles. The highest BCUT2D eigenvalue weighted by atomic mass is 16.7. The van der Waals surface area contributed by atoms with Crippen LogP contribution >= 0.6 is 0 Å². The first kappa shape index (κ1) is 15.3. The number of carbonyl (C=O) groups excluding carboxylic acids is 1. The molecular formula is C20H17NO5. The minimum absolute atomic E-state index is 0.0909. The monoisotopic (exact) mass is 351 g/mol. The molecule has 0 aromatic heterocycles. The number of benzene rings is 2. The van der Waals surface area contributed by atoms with Gasteiger partial charge in [-0.15, -0.1) is 0 Å². The largest absolute Gasteiger partial charge is 0.481 e. The van der Waals surface area contributed by atoms with Crippen molar-refractivity contribution in [2.75, 3.05) is 6.79 Å². The van der Waals surface area contributed by atoms with Crippen LogP contribution < -0.4 is 9.47 Å². The molecule has 0 saturated heterocycles. The Morgan fingerprint density at radius 3 is 2.62 bits per heavy atom. The molecule has 1 N–H and O–H groups in total. The zero-order valence-electron chi connectivity index (χ0n) is 13.9. The minimum Gasteiger partial charge on any atom is -0.481 e. The van der Waals surface area contributed by atoms with Crippen molar-refractivity contribution >= 4 is 11.9 Å². The van der Waals surface area contributed by atoms with Gasteiger partial charge >= 0.3 is 5.97 Å². The molecule has 26 heavy (non-hydrogen) atoms. The summed E-state index contributed by atoms with van der Waals surface area (Å²) in [4.78, 5) is 27.2. The molecule has 2 aromatic rings. The summed E-state index contributed by atoms with van der Waals surface area (Å²) in [5, 5.41) is 10.0. The molecule has 0 spiro atoms. The smallest absolute Gasteiger partial charge is 0.313 e. The van der Waals surface area contributed by atoms with E-state index in [-0.39, 0.29) is 18.7 Å². The van der Waals surface area contributed by atoms with E-state index >= 15 is 0 Å². The molecule has 2 aromatic carbocycles. The number of carbonyl (C=O) groups is 2. The molecule has 0 bridgehead atoms. The van der Waals surface area contributed by atoms with Gasteiger partial charge in [0.15, 0.2) is 11.5 Å². The second-order valence-corrected chi connectivity index (χ2v) is 6.90. The second kappa shape index (κ2) is 5.49. The Balaban J connectivity index is 1.70. The summed E-state index contributed by atoms with van der Waals surface area (Å²) in [6, 6.07) is 12.0. The molecule has 6 heteroatoms. The van der Waals surface area contributed by atoms with Gasteiger partial charge in [-0.1, -0.05) is 24.3 Å². The van der Waals surface area contributed by atoms with Gasteiger partial charge < -0.3 is 19.5 Å². The van der Waals surface area contributed by atoms with Crippen LogP contribution in [0.3, 0.4) is 0 Å². The van der Waals surface area contributed by atoms with Gasteiger partial charge in [0.1, 0.15) is 5.92 Å². The maximum atomic E-state index is 13.2. The van der Waals surface area contributed by atoms with Crippen LogP contribution in [0.15, 0.2) is 42.5 Å². The van der Waals surface area contributed by atoms with E-state index in [2.05, 4.69) is 0 Å². The Kier molecular flexibility index (Phi) is 3.22. The number of hydrogen-bond donors (Lipinski definition) is 1. The van der Waals surface area contributed by atoms with Crippen LogP contribution in [0.1, 0.15) is 46.3 Å². The average Bonchev–Trinajstić information content (AvgIpc) is 3.37. The first-order valence-corrected chi connectivity index (χ1v) is 8.69. The highest BCUT2D eigenvalue weighted by Crippen LogP contribution is 2.49. The van der Waals surface area contributed by atoms with Crippen LogP contribution in [0, 0.1) is 0 Å². The molecule has 1 saturated carbocycles. The van der Waals surface area contributed by atoms with Crippen LogP contribution in [0.2, 0.25) is 0 Å². The summed E-state index contributed by atoms with van der Waals surface area (Å²) in [6.45, 7) is 0.153. The lowest BCUT2D eigenvalue weighted by Crippen LogP contribution is -2.46. The summed E-state index contributed by atoms with van der Waals surface area (Å²) < 4.78 is 10.8. The SMILES string of the molecule is O=C(O)[C@H]1c2ccccc2C(=O)N(C2CC2)[C@@H]1c1ccc2c(c1)OCO2. The summed E-state index contributed by atoms with van der Waals surface area (Å²) in [5.74, 6) is -0.610. The second-order valence-electron chi connectivity index (χ2n) is 6.90. The van der Waals surface area contributed by atoms with Crippen molar-refractivity contribution in [1.29, 1.82) is 0 Å². The molecule has 1 fully saturated rings. The lowest BCUT2D eigenvalue weighted by Gasteiger charge is -2.41. The van der Waals surface area contributed by atoms with E-state index in [1.54, 1.807) is 41.3 Å². The summed E-state index contributed by atoms with van der Waals surface area (Å²) in [5.41, 5.74) is 1.82. The lowest BCUT2D eigenvalue weighted by molar-refractivity contribution is -0.140. The number of carboxylic acid groups (broad SMARTS) is 1. The number of fused-ring (bicyclic) bond motifs is 2. The third-order valence-corrected chi connectivity index (χ3v) is 5.32. The fraction of sp³-hybridized carbons (Fsp3) is 0.300. The zero-order valence-corrected chi connectivity index (χ0v) is 13.9. The van der Waals surface area contributed by atoms with Crippen LogP contribution in [0.25, 0.3) is 0 Å². The summed E-state index contributed by atoms with van der Waals surface area (Å²) >= 11 is 0. The van der Waals surface area contributed by atoms with E-state index in [0.29, 0.717) is 22.6 Å². The highest BCUT2D eigenvalue weighted by molar-refractivity contribution is 6.00. The van der Waals surface area contributed by atoms with Gasteiger partial charge in [0.2, 0.25) is 6.79 Å². The molecule has 0 radical (unpaired) electrons. The molecule has 6 nitrogen and oxygen atoms in total. The molecule has 2 atom stereocenters. The molecule has 2 aliphatic heterocycles. The van der Waals surface area contributed by atoms with E-state index in [1.807, 2.05) is 6.07 Å². The van der Waals surface area contributed by atoms with Crippen LogP contribution in [-0.2, 0) is 4.79 Å². The summed E-state index contributed by atoms with van der Waals surface area (Å²) in [6.07, 6.45) is 1.81. The molecule has 3 aliphatic rings. The van der Waals surface area contributed by atoms with Gasteiger partial charge in [0, 0.05) is 11.6 Å². The van der Waals surface area contributed by atoms with Crippen molar-refractivity contribution in [3.63, 3.8) is 0 Å². The zero-order chi connectivity index (χ0) is 17.8. The predicted octanol–water partition coefficient (Wildman–Crippen LogP) is 2.94. The van der Waals surface area contributed by atoms with Gasteiger partial charge in [-0.05, 0) is 42.2 Å². The number of ether oxygens (including phenoxy) is 2. The van der Waals surface area contributed by atoms with E-state index < -0.39 is 17.9 Å². The van der Waals surface area contributed by atoms with Gasteiger partial charge in [0.05, 0.1) is 6.04 Å². The normalized spacial score (nSPS) is 23.7. The topological polar surface area (TPSA) is 76.1 Å². The molecule has 5 rings (SSSR count). The Labute approximate surface area is 149 Å². The first-order chi connectivity index (χ1) is 12.6. The maximum Gasteiger partial charge on any atom is 0.313 e. The number of aliphatic carboxylic acids is 1. The molecule has 2 heterocycles. The summed E-state index contributed by atoms with van der Waals surface area (Å²) in [7, 11) is 0. The van der Waals surface area contributed by atoms with Gasteiger partial charge in [-0.2, -0.15) is 0 Å². The van der Waals surface area contributed by atoms with Crippen LogP contribution in [0.5, 0.6) is 11.5 Å². The fourth-order valence-corrected chi connectivity index (χ4v) is 4.02. The average molecular weight is 351 g/mol. The van der Waals surface area contributed by atoms with Crippen molar-refractivity contribution in [3.05, 3.63) is 59.2 Å². The number of hydrogen-bond acceptors (Lipinski definition) is 4. The fourth-order valence-electron chi connectivity index (χ4n) is 4.02. The van der Waals surface area contributed by atoms with Crippen molar-refractivity contribution in [1.82, 2.24) is 4.90 Å². The Morgan fingerprint density at radius 2 is 1.85 bits per heavy atom. The van der Waals surface area contributed by atoms with Gasteiger partial charge in [-0.25, -0.2) is 0 Å². The highest BCUT2D eigenvalue weighted by Gasteiger charge is 2.49. The van der Waals surface area contributed by atoms with E-state index in [4.69, 9.17) is 9.47 Å². The maximum absolute atomic E-state index is 13.2. The van der Waals surface area contributed by atoms with Gasteiger partial charge in [-0.3, -0.25) is 9.59 Å². The molecule has 0 unspecified atom stereocenters. The third-order valence-electron chi connectivity index (χ3n) is 5.32. The third kappa shape index (κ3) is 2.18. The number of carboxylic acids is 1. The standard InChI is InChI=1S/C20H17NO5/c22-19-14-4-2-1-3-13(14)17(20(23)24)18(21(19)12-6-7-12)11-5-8-15-16(9-11)26-10-25-15/h1-5,8-9,12,17-18H,6-7,10H2,(H,23,24)/t17-,18+/m0/s1. The van der Waals surface area contributed by atoms with Crippen molar-refractivity contribution < 1.29 is 24.2 Å².